The maximum atomic E-state index is 11.9. The van der Waals surface area contributed by atoms with Gasteiger partial charge < -0.3 is 5.32 Å². The van der Waals surface area contributed by atoms with E-state index in [4.69, 9.17) is 0 Å². The molecular weight excluding hydrogens is 296 g/mol. The lowest BCUT2D eigenvalue weighted by Gasteiger charge is -2.08. The molecular formula is C13H22N2O3S2. The summed E-state index contributed by atoms with van der Waals surface area (Å²) in [6, 6.07) is 0. The third-order valence-corrected chi connectivity index (χ3v) is 6.41. The van der Waals surface area contributed by atoms with E-state index < -0.39 is 9.84 Å². The first kappa shape index (κ1) is 17.1. The Labute approximate surface area is 124 Å². The molecule has 20 heavy (non-hydrogen) atoms. The summed E-state index contributed by atoms with van der Waals surface area (Å²) in [6.45, 7) is 6.51. The van der Waals surface area contributed by atoms with E-state index in [1.54, 1.807) is 6.92 Å². The molecule has 0 bridgehead atoms. The molecule has 0 saturated carbocycles. The van der Waals surface area contributed by atoms with E-state index in [0.717, 1.165) is 30.6 Å². The van der Waals surface area contributed by atoms with Crippen LogP contribution in [0.3, 0.4) is 0 Å². The van der Waals surface area contributed by atoms with Crippen LogP contribution in [0.5, 0.6) is 0 Å². The standard InChI is InChI=1S/C13H22N2O3S2/c1-4-10(3)7-6-8-14-12(16)11-9-15-13(19-11)20(17,18)5-2/h9-10H,4-8H2,1-3H3,(H,14,16). The highest BCUT2D eigenvalue weighted by Gasteiger charge is 2.19. The number of thiazole rings is 1. The van der Waals surface area contributed by atoms with Crippen LogP contribution in [0.2, 0.25) is 0 Å². The topological polar surface area (TPSA) is 76.1 Å². The van der Waals surface area contributed by atoms with E-state index in [1.807, 2.05) is 0 Å². The first-order valence-corrected chi connectivity index (χ1v) is 9.34. The van der Waals surface area contributed by atoms with Gasteiger partial charge in [0.05, 0.1) is 11.9 Å². The van der Waals surface area contributed by atoms with Gasteiger partial charge in [-0.3, -0.25) is 4.79 Å². The lowest BCUT2D eigenvalue weighted by atomic mass is 10.0. The summed E-state index contributed by atoms with van der Waals surface area (Å²) < 4.78 is 23.3. The molecule has 1 aromatic heterocycles. The van der Waals surface area contributed by atoms with Crippen LogP contribution in [0, 0.1) is 5.92 Å². The van der Waals surface area contributed by atoms with Gasteiger partial charge in [-0.1, -0.05) is 38.5 Å². The van der Waals surface area contributed by atoms with Crippen molar-refractivity contribution in [2.75, 3.05) is 12.3 Å². The number of rotatable bonds is 8. The van der Waals surface area contributed by atoms with Gasteiger partial charge in [0.2, 0.25) is 14.2 Å². The van der Waals surface area contributed by atoms with Crippen LogP contribution in [0.15, 0.2) is 10.5 Å². The Morgan fingerprint density at radius 1 is 1.45 bits per heavy atom. The van der Waals surface area contributed by atoms with Crippen LogP contribution in [0.4, 0.5) is 0 Å². The van der Waals surface area contributed by atoms with Gasteiger partial charge in [0.1, 0.15) is 4.88 Å². The monoisotopic (exact) mass is 318 g/mol. The van der Waals surface area contributed by atoms with Crippen LogP contribution in [-0.2, 0) is 9.84 Å². The molecule has 7 heteroatoms. The van der Waals surface area contributed by atoms with Crippen molar-refractivity contribution >= 4 is 27.1 Å². The number of carbonyl (C=O) groups excluding carboxylic acids is 1. The number of amides is 1. The normalized spacial score (nSPS) is 13.2. The first-order valence-electron chi connectivity index (χ1n) is 6.87. The fraction of sp³-hybridized carbons (Fsp3) is 0.692. The predicted octanol–water partition coefficient (Wildman–Crippen LogP) is 2.49. The van der Waals surface area contributed by atoms with E-state index in [2.05, 4.69) is 24.1 Å². The molecule has 114 valence electrons. The Balaban J connectivity index is 2.49. The second-order valence-corrected chi connectivity index (χ2v) is 8.29. The van der Waals surface area contributed by atoms with Gasteiger partial charge in [-0.05, 0) is 18.8 Å². The second-order valence-electron chi connectivity index (χ2n) is 4.81. The molecule has 1 rings (SSSR count). The maximum Gasteiger partial charge on any atom is 0.263 e. The summed E-state index contributed by atoms with van der Waals surface area (Å²) >= 11 is 0.930. The fourth-order valence-electron chi connectivity index (χ4n) is 1.57. The Kier molecular flexibility index (Phi) is 6.61. The van der Waals surface area contributed by atoms with Gasteiger partial charge in [0, 0.05) is 6.54 Å². The molecule has 1 atom stereocenters. The molecule has 5 nitrogen and oxygen atoms in total. The van der Waals surface area contributed by atoms with E-state index in [1.165, 1.54) is 6.20 Å². The summed E-state index contributed by atoms with van der Waals surface area (Å²) in [4.78, 5) is 16.0. The zero-order valence-electron chi connectivity index (χ0n) is 12.2. The van der Waals surface area contributed by atoms with Crippen molar-refractivity contribution in [2.45, 2.75) is 44.4 Å². The molecule has 1 heterocycles. The van der Waals surface area contributed by atoms with Crippen molar-refractivity contribution in [1.82, 2.24) is 10.3 Å². The smallest absolute Gasteiger partial charge is 0.263 e. The molecule has 0 aliphatic rings. The Bertz CT molecular complexity index is 538. The molecule has 0 radical (unpaired) electrons. The summed E-state index contributed by atoms with van der Waals surface area (Å²) in [6.07, 6.45) is 4.48. The van der Waals surface area contributed by atoms with Gasteiger partial charge in [-0.2, -0.15) is 0 Å². The Hall–Kier alpha value is -0.950. The van der Waals surface area contributed by atoms with Gasteiger partial charge in [0.15, 0.2) is 0 Å². The Morgan fingerprint density at radius 2 is 2.15 bits per heavy atom. The van der Waals surface area contributed by atoms with Crippen LogP contribution < -0.4 is 5.32 Å². The summed E-state index contributed by atoms with van der Waals surface area (Å²) in [5, 5.41) is 2.80. The molecule has 0 saturated heterocycles. The number of hydrogen-bond donors (Lipinski definition) is 1. The molecule has 1 unspecified atom stereocenters. The van der Waals surface area contributed by atoms with E-state index in [9.17, 15) is 13.2 Å². The lowest BCUT2D eigenvalue weighted by molar-refractivity contribution is 0.0956. The van der Waals surface area contributed by atoms with Crippen molar-refractivity contribution in [3.05, 3.63) is 11.1 Å². The van der Waals surface area contributed by atoms with Crippen LogP contribution in [-0.4, -0.2) is 31.6 Å². The molecule has 1 N–H and O–H groups in total. The molecule has 1 amide bonds. The minimum absolute atomic E-state index is 0.00349. The van der Waals surface area contributed by atoms with Crippen molar-refractivity contribution < 1.29 is 13.2 Å². The Morgan fingerprint density at radius 3 is 2.75 bits per heavy atom. The van der Waals surface area contributed by atoms with E-state index in [-0.39, 0.29) is 16.0 Å². The third-order valence-electron chi connectivity index (χ3n) is 3.21. The number of aromatic nitrogens is 1. The van der Waals surface area contributed by atoms with Crippen molar-refractivity contribution in [3.8, 4) is 0 Å². The van der Waals surface area contributed by atoms with Crippen molar-refractivity contribution in [2.24, 2.45) is 5.92 Å². The third kappa shape index (κ3) is 4.86. The van der Waals surface area contributed by atoms with Crippen molar-refractivity contribution in [1.29, 1.82) is 0 Å². The summed E-state index contributed by atoms with van der Waals surface area (Å²) in [5.41, 5.74) is 0. The maximum absolute atomic E-state index is 11.9. The van der Waals surface area contributed by atoms with Crippen LogP contribution in [0.25, 0.3) is 0 Å². The fourth-order valence-corrected chi connectivity index (χ4v) is 3.73. The van der Waals surface area contributed by atoms with Gasteiger partial charge in [0.25, 0.3) is 5.91 Å². The summed E-state index contributed by atoms with van der Waals surface area (Å²) in [7, 11) is -3.32. The number of carbonyl (C=O) groups is 1. The lowest BCUT2D eigenvalue weighted by Crippen LogP contribution is -2.23. The highest BCUT2D eigenvalue weighted by molar-refractivity contribution is 7.93. The van der Waals surface area contributed by atoms with Gasteiger partial charge in [-0.15, -0.1) is 0 Å². The number of nitrogens with zero attached hydrogens (tertiary/aromatic N) is 1. The molecule has 0 aliphatic carbocycles. The van der Waals surface area contributed by atoms with Crippen LogP contribution >= 0.6 is 11.3 Å². The summed E-state index contributed by atoms with van der Waals surface area (Å²) in [5.74, 6) is 0.414. The minimum Gasteiger partial charge on any atom is -0.351 e. The largest absolute Gasteiger partial charge is 0.351 e. The highest BCUT2D eigenvalue weighted by Crippen LogP contribution is 2.19. The molecule has 0 aromatic carbocycles. The zero-order chi connectivity index (χ0) is 15.2. The zero-order valence-corrected chi connectivity index (χ0v) is 13.8. The number of hydrogen-bond acceptors (Lipinski definition) is 5. The second kappa shape index (κ2) is 7.73. The van der Waals surface area contributed by atoms with E-state index in [0.29, 0.717) is 17.3 Å². The first-order chi connectivity index (χ1) is 9.40. The SMILES string of the molecule is CCC(C)CCCNC(=O)c1cnc(S(=O)(=O)CC)s1. The average molecular weight is 318 g/mol. The molecule has 1 aromatic rings. The highest BCUT2D eigenvalue weighted by atomic mass is 32.2. The van der Waals surface area contributed by atoms with Crippen LogP contribution in [0.1, 0.15) is 49.7 Å². The molecule has 0 fully saturated rings. The molecule has 0 aliphatic heterocycles. The minimum atomic E-state index is -3.32. The predicted molar refractivity (Wildman–Crippen MR) is 80.9 cm³/mol. The van der Waals surface area contributed by atoms with E-state index >= 15 is 0 Å². The van der Waals surface area contributed by atoms with Crippen molar-refractivity contribution in [3.63, 3.8) is 0 Å². The van der Waals surface area contributed by atoms with Gasteiger partial charge >= 0.3 is 0 Å². The number of nitrogens with one attached hydrogen (secondary N) is 1. The number of sulfone groups is 1. The molecule has 0 spiro atoms. The average Bonchev–Trinajstić information content (AvgIpc) is 2.93. The van der Waals surface area contributed by atoms with Gasteiger partial charge in [-0.25, -0.2) is 13.4 Å². The quantitative estimate of drug-likeness (QED) is 0.747.